The van der Waals surface area contributed by atoms with Crippen molar-refractivity contribution >= 4 is 17.9 Å². The lowest BCUT2D eigenvalue weighted by Crippen LogP contribution is -2.47. The fourth-order valence-corrected chi connectivity index (χ4v) is 2.04. The second kappa shape index (κ2) is 5.24. The van der Waals surface area contributed by atoms with Crippen LogP contribution < -0.4 is 10.6 Å². The number of hydrogen-bond donors (Lipinski definition) is 3. The van der Waals surface area contributed by atoms with Gasteiger partial charge in [0.2, 0.25) is 5.91 Å². The van der Waals surface area contributed by atoms with E-state index in [9.17, 15) is 14.4 Å². The minimum absolute atomic E-state index is 0.00108. The highest BCUT2D eigenvalue weighted by Crippen LogP contribution is 2.26. The Kier molecular flexibility index (Phi) is 3.69. The molecule has 0 spiro atoms. The van der Waals surface area contributed by atoms with Crippen molar-refractivity contribution in [1.29, 1.82) is 0 Å². The third-order valence-corrected chi connectivity index (χ3v) is 3.14. The van der Waals surface area contributed by atoms with Crippen molar-refractivity contribution < 1.29 is 19.5 Å². The largest absolute Gasteiger partial charge is 0.480 e. The highest BCUT2D eigenvalue weighted by Gasteiger charge is 2.34. The number of carbonyl (C=O) groups is 3. The minimum Gasteiger partial charge on any atom is -0.480 e. The number of carboxylic acids is 1. The van der Waals surface area contributed by atoms with Crippen molar-refractivity contribution in [1.82, 2.24) is 15.5 Å². The van der Waals surface area contributed by atoms with Crippen molar-refractivity contribution in [2.24, 2.45) is 0 Å². The van der Waals surface area contributed by atoms with Crippen LogP contribution in [0.25, 0.3) is 0 Å². The Hall–Kier alpha value is -1.79. The van der Waals surface area contributed by atoms with Crippen LogP contribution in [-0.4, -0.2) is 53.1 Å². The summed E-state index contributed by atoms with van der Waals surface area (Å²) in [6.07, 6.45) is 2.92. The summed E-state index contributed by atoms with van der Waals surface area (Å²) in [6.45, 7) is 0.0843. The van der Waals surface area contributed by atoms with Gasteiger partial charge in [-0.25, -0.2) is 4.79 Å². The number of aliphatic carboxylic acids is 1. The molecule has 1 saturated heterocycles. The minimum atomic E-state index is -1.01. The summed E-state index contributed by atoms with van der Waals surface area (Å²) in [5.41, 5.74) is 0. The van der Waals surface area contributed by atoms with E-state index in [1.54, 1.807) is 0 Å². The van der Waals surface area contributed by atoms with Gasteiger partial charge in [0, 0.05) is 25.0 Å². The topological polar surface area (TPSA) is 98.7 Å². The van der Waals surface area contributed by atoms with Gasteiger partial charge < -0.3 is 20.6 Å². The Balaban J connectivity index is 1.78. The number of nitrogens with one attached hydrogen (secondary N) is 2. The number of rotatable bonds is 5. The fraction of sp³-hybridized carbons (Fsp3) is 0.727. The first kappa shape index (κ1) is 12.7. The summed E-state index contributed by atoms with van der Waals surface area (Å²) in [5, 5.41) is 14.2. The van der Waals surface area contributed by atoms with Gasteiger partial charge in [-0.3, -0.25) is 9.59 Å². The van der Waals surface area contributed by atoms with E-state index in [1.807, 2.05) is 0 Å². The van der Waals surface area contributed by atoms with E-state index in [-0.39, 0.29) is 30.6 Å². The maximum atomic E-state index is 11.8. The van der Waals surface area contributed by atoms with E-state index in [1.165, 1.54) is 4.90 Å². The van der Waals surface area contributed by atoms with Crippen LogP contribution in [-0.2, 0) is 9.59 Å². The molecular weight excluding hydrogens is 238 g/mol. The third kappa shape index (κ3) is 3.35. The van der Waals surface area contributed by atoms with Crippen molar-refractivity contribution in [3.8, 4) is 0 Å². The van der Waals surface area contributed by atoms with Gasteiger partial charge in [-0.2, -0.15) is 0 Å². The van der Waals surface area contributed by atoms with Crippen molar-refractivity contribution in [2.45, 2.75) is 37.8 Å². The Morgan fingerprint density at radius 3 is 2.61 bits per heavy atom. The predicted octanol–water partition coefficient (Wildman–Crippen LogP) is -0.476. The molecule has 1 unspecified atom stereocenters. The molecule has 0 bridgehead atoms. The molecule has 2 fully saturated rings. The van der Waals surface area contributed by atoms with Crippen LogP contribution in [0, 0.1) is 0 Å². The zero-order valence-electron chi connectivity index (χ0n) is 10.0. The van der Waals surface area contributed by atoms with Gasteiger partial charge in [-0.05, 0) is 19.3 Å². The molecule has 1 saturated carbocycles. The highest BCUT2D eigenvalue weighted by atomic mass is 16.4. The van der Waals surface area contributed by atoms with Crippen molar-refractivity contribution in [3.63, 3.8) is 0 Å². The quantitative estimate of drug-likeness (QED) is 0.618. The maximum absolute atomic E-state index is 11.8. The maximum Gasteiger partial charge on any atom is 0.323 e. The smallest absolute Gasteiger partial charge is 0.323 e. The molecule has 1 atom stereocenters. The molecule has 2 rings (SSSR count). The number of nitrogens with zero attached hydrogens (tertiary/aromatic N) is 1. The summed E-state index contributed by atoms with van der Waals surface area (Å²) in [5.74, 6) is -1.01. The van der Waals surface area contributed by atoms with Gasteiger partial charge in [-0.1, -0.05) is 0 Å². The molecule has 7 nitrogen and oxygen atoms in total. The molecule has 2 aliphatic rings. The van der Waals surface area contributed by atoms with Gasteiger partial charge in [-0.15, -0.1) is 0 Å². The Labute approximate surface area is 105 Å². The third-order valence-electron chi connectivity index (χ3n) is 3.14. The van der Waals surface area contributed by atoms with E-state index < -0.39 is 5.97 Å². The number of amides is 3. The van der Waals surface area contributed by atoms with E-state index >= 15 is 0 Å². The molecule has 18 heavy (non-hydrogen) atoms. The van der Waals surface area contributed by atoms with Gasteiger partial charge >= 0.3 is 12.0 Å². The second-order valence-electron chi connectivity index (χ2n) is 4.74. The zero-order valence-corrected chi connectivity index (χ0v) is 10.0. The van der Waals surface area contributed by atoms with Gasteiger partial charge in [0.1, 0.15) is 6.54 Å². The molecule has 0 radical (unpaired) electrons. The van der Waals surface area contributed by atoms with E-state index in [2.05, 4.69) is 10.6 Å². The normalized spacial score (nSPS) is 22.4. The lowest BCUT2D eigenvalue weighted by Gasteiger charge is -2.21. The molecule has 1 aliphatic heterocycles. The molecule has 7 heteroatoms. The first-order chi connectivity index (χ1) is 8.56. The standard InChI is InChI=1S/C11H17N3O4/c15-9-4-1-7(13-9)5-12-11(18)14(6-10(16)17)8-2-3-8/h7-8H,1-6H2,(H,12,18)(H,13,15)(H,16,17). The molecule has 3 N–H and O–H groups in total. The Morgan fingerprint density at radius 2 is 2.11 bits per heavy atom. The lowest BCUT2D eigenvalue weighted by molar-refractivity contribution is -0.137. The first-order valence-electron chi connectivity index (χ1n) is 6.12. The van der Waals surface area contributed by atoms with Crippen molar-refractivity contribution in [2.75, 3.05) is 13.1 Å². The molecule has 1 aliphatic carbocycles. The fourth-order valence-electron chi connectivity index (χ4n) is 2.04. The number of carboxylic acid groups (broad SMARTS) is 1. The van der Waals surface area contributed by atoms with Crippen LogP contribution in [0.5, 0.6) is 0 Å². The van der Waals surface area contributed by atoms with Crippen LogP contribution in [0.3, 0.4) is 0 Å². The monoisotopic (exact) mass is 255 g/mol. The molecular formula is C11H17N3O4. The van der Waals surface area contributed by atoms with Crippen LogP contribution in [0.4, 0.5) is 4.79 Å². The molecule has 3 amide bonds. The van der Waals surface area contributed by atoms with Crippen molar-refractivity contribution in [3.05, 3.63) is 0 Å². The van der Waals surface area contributed by atoms with Crippen LogP contribution in [0.2, 0.25) is 0 Å². The molecule has 0 aromatic heterocycles. The molecule has 0 aromatic rings. The van der Waals surface area contributed by atoms with Gasteiger partial charge in [0.25, 0.3) is 0 Å². The van der Waals surface area contributed by atoms with E-state index in [0.717, 1.165) is 12.8 Å². The molecule has 100 valence electrons. The van der Waals surface area contributed by atoms with Gasteiger partial charge in [0.05, 0.1) is 0 Å². The van der Waals surface area contributed by atoms with Crippen LogP contribution in [0.1, 0.15) is 25.7 Å². The zero-order chi connectivity index (χ0) is 13.1. The van der Waals surface area contributed by atoms with Crippen LogP contribution >= 0.6 is 0 Å². The number of urea groups is 1. The Morgan fingerprint density at radius 1 is 1.39 bits per heavy atom. The lowest BCUT2D eigenvalue weighted by atomic mass is 10.2. The summed E-state index contributed by atoms with van der Waals surface area (Å²) >= 11 is 0. The first-order valence-corrected chi connectivity index (χ1v) is 6.12. The summed E-state index contributed by atoms with van der Waals surface area (Å²) in [6, 6.07) is -0.340. The summed E-state index contributed by atoms with van der Waals surface area (Å²) in [7, 11) is 0. The predicted molar refractivity (Wildman–Crippen MR) is 61.9 cm³/mol. The molecule has 0 aromatic carbocycles. The highest BCUT2D eigenvalue weighted by molar-refractivity contribution is 5.81. The van der Waals surface area contributed by atoms with E-state index in [4.69, 9.17) is 5.11 Å². The second-order valence-corrected chi connectivity index (χ2v) is 4.74. The average molecular weight is 255 g/mol. The average Bonchev–Trinajstić information content (AvgIpc) is 3.06. The number of hydrogen-bond acceptors (Lipinski definition) is 3. The van der Waals surface area contributed by atoms with E-state index in [0.29, 0.717) is 19.4 Å². The summed E-state index contributed by atoms with van der Waals surface area (Å²) in [4.78, 5) is 34.8. The summed E-state index contributed by atoms with van der Waals surface area (Å²) < 4.78 is 0. The Bertz CT molecular complexity index is 367. The molecule has 1 heterocycles. The van der Waals surface area contributed by atoms with Gasteiger partial charge in [0.15, 0.2) is 0 Å². The van der Waals surface area contributed by atoms with Crippen LogP contribution in [0.15, 0.2) is 0 Å². The SMILES string of the molecule is O=C(O)CN(C(=O)NCC1CCC(=O)N1)C1CC1. The number of carbonyl (C=O) groups excluding carboxylic acids is 2.